The van der Waals surface area contributed by atoms with Crippen LogP contribution in [0.25, 0.3) is 0 Å². The number of nitro benzene ring substituents is 1. The fraction of sp³-hybridized carbons (Fsp3) is 0.278. The van der Waals surface area contributed by atoms with Crippen LogP contribution in [0.3, 0.4) is 0 Å². The summed E-state index contributed by atoms with van der Waals surface area (Å²) < 4.78 is 10.7. The molecule has 3 rings (SSSR count). The molecule has 2 aromatic rings. The van der Waals surface area contributed by atoms with E-state index in [-0.39, 0.29) is 30.0 Å². The van der Waals surface area contributed by atoms with Gasteiger partial charge in [0.1, 0.15) is 0 Å². The van der Waals surface area contributed by atoms with Crippen LogP contribution >= 0.6 is 0 Å². The third-order valence-corrected chi connectivity index (χ3v) is 4.19. The number of carbonyl (C=O) groups is 1. The molecule has 0 N–H and O–H groups in total. The molecule has 25 heavy (non-hydrogen) atoms. The highest BCUT2D eigenvalue weighted by atomic mass is 16.6. The number of para-hydroxylation sites is 1. The first-order valence-electron chi connectivity index (χ1n) is 7.86. The van der Waals surface area contributed by atoms with Gasteiger partial charge in [0.15, 0.2) is 18.1 Å². The predicted octanol–water partition coefficient (Wildman–Crippen LogP) is 2.96. The molecule has 1 unspecified atom stereocenters. The maximum absolute atomic E-state index is 12.6. The Bertz CT molecular complexity index is 821. The zero-order chi connectivity index (χ0) is 18.0. The van der Waals surface area contributed by atoms with E-state index in [1.54, 1.807) is 4.90 Å². The number of nitrogens with zero attached hydrogens (tertiary/aromatic N) is 2. The number of methoxy groups -OCH3 is 1. The Labute approximate surface area is 144 Å². The summed E-state index contributed by atoms with van der Waals surface area (Å²) >= 11 is 0. The maximum atomic E-state index is 12.6. The molecule has 1 atom stereocenters. The lowest BCUT2D eigenvalue weighted by atomic mass is 10.1. The minimum absolute atomic E-state index is 0.0421. The highest BCUT2D eigenvalue weighted by Crippen LogP contribution is 2.33. The second-order valence-corrected chi connectivity index (χ2v) is 5.83. The van der Waals surface area contributed by atoms with Gasteiger partial charge in [-0.3, -0.25) is 14.9 Å². The third kappa shape index (κ3) is 3.26. The number of benzene rings is 2. The summed E-state index contributed by atoms with van der Waals surface area (Å²) in [5.41, 5.74) is 1.88. The first-order valence-corrected chi connectivity index (χ1v) is 7.86. The molecule has 0 spiro atoms. The van der Waals surface area contributed by atoms with Gasteiger partial charge in [0.05, 0.1) is 18.1 Å². The number of non-ortho nitro benzene ring substituents is 1. The summed E-state index contributed by atoms with van der Waals surface area (Å²) in [4.78, 5) is 24.7. The second-order valence-electron chi connectivity index (χ2n) is 5.83. The van der Waals surface area contributed by atoms with Gasteiger partial charge < -0.3 is 14.4 Å². The zero-order valence-corrected chi connectivity index (χ0v) is 14.0. The largest absolute Gasteiger partial charge is 0.493 e. The molecule has 2 aromatic carbocycles. The van der Waals surface area contributed by atoms with E-state index in [4.69, 9.17) is 9.47 Å². The zero-order valence-electron chi connectivity index (χ0n) is 14.0. The van der Waals surface area contributed by atoms with Crippen LogP contribution in [-0.2, 0) is 11.2 Å². The Hall–Kier alpha value is -3.09. The van der Waals surface area contributed by atoms with Gasteiger partial charge in [0, 0.05) is 17.8 Å². The second kappa shape index (κ2) is 6.80. The normalized spacial score (nSPS) is 15.6. The summed E-state index contributed by atoms with van der Waals surface area (Å²) in [6.07, 6.45) is 0.794. The van der Waals surface area contributed by atoms with Crippen molar-refractivity contribution in [2.45, 2.75) is 19.4 Å². The fourth-order valence-corrected chi connectivity index (χ4v) is 3.05. The van der Waals surface area contributed by atoms with Crippen molar-refractivity contribution in [2.75, 3.05) is 18.6 Å². The van der Waals surface area contributed by atoms with Crippen molar-refractivity contribution >= 4 is 17.3 Å². The van der Waals surface area contributed by atoms with Crippen molar-refractivity contribution in [3.63, 3.8) is 0 Å². The summed E-state index contributed by atoms with van der Waals surface area (Å²) in [7, 11) is 1.44. The molecule has 1 amide bonds. The number of amides is 1. The standard InChI is InChI=1S/C18H18N2O5/c1-12-9-13-5-3-4-6-15(13)19(12)18(21)11-25-17-10-14(20(22)23)7-8-16(17)24-2/h3-8,10,12H,9,11H2,1-2H3. The van der Waals surface area contributed by atoms with E-state index in [1.165, 1.54) is 25.3 Å². The van der Waals surface area contributed by atoms with Gasteiger partial charge in [-0.2, -0.15) is 0 Å². The lowest BCUT2D eigenvalue weighted by molar-refractivity contribution is -0.385. The van der Waals surface area contributed by atoms with E-state index < -0.39 is 4.92 Å². The van der Waals surface area contributed by atoms with Gasteiger partial charge in [0.2, 0.25) is 0 Å². The molecule has 0 fully saturated rings. The number of anilines is 1. The van der Waals surface area contributed by atoms with Crippen LogP contribution in [0.2, 0.25) is 0 Å². The monoisotopic (exact) mass is 342 g/mol. The lowest BCUT2D eigenvalue weighted by Gasteiger charge is -2.23. The highest BCUT2D eigenvalue weighted by molar-refractivity contribution is 5.97. The quantitative estimate of drug-likeness (QED) is 0.616. The van der Waals surface area contributed by atoms with Crippen LogP contribution in [0.1, 0.15) is 12.5 Å². The SMILES string of the molecule is COc1ccc([N+](=O)[O-])cc1OCC(=O)N1c2ccccc2CC1C. The molecule has 130 valence electrons. The van der Waals surface area contributed by atoms with Crippen molar-refractivity contribution in [1.82, 2.24) is 0 Å². The lowest BCUT2D eigenvalue weighted by Crippen LogP contribution is -2.39. The number of hydrogen-bond donors (Lipinski definition) is 0. The van der Waals surface area contributed by atoms with E-state index in [0.29, 0.717) is 5.75 Å². The topological polar surface area (TPSA) is 81.9 Å². The molecule has 1 aliphatic heterocycles. The number of ether oxygens (including phenoxy) is 2. The molecule has 1 aliphatic rings. The third-order valence-electron chi connectivity index (χ3n) is 4.19. The first-order chi connectivity index (χ1) is 12.0. The molecule has 1 heterocycles. The first kappa shape index (κ1) is 16.8. The van der Waals surface area contributed by atoms with Crippen molar-refractivity contribution in [2.24, 2.45) is 0 Å². The molecule has 7 nitrogen and oxygen atoms in total. The van der Waals surface area contributed by atoms with Crippen LogP contribution in [0, 0.1) is 10.1 Å². The van der Waals surface area contributed by atoms with Crippen molar-refractivity contribution in [1.29, 1.82) is 0 Å². The summed E-state index contributed by atoms with van der Waals surface area (Å²) in [5, 5.41) is 10.9. The van der Waals surface area contributed by atoms with Gasteiger partial charge >= 0.3 is 0 Å². The van der Waals surface area contributed by atoms with Crippen LogP contribution in [0.15, 0.2) is 42.5 Å². The van der Waals surface area contributed by atoms with Crippen LogP contribution < -0.4 is 14.4 Å². The number of nitro groups is 1. The molecule has 0 aromatic heterocycles. The molecule has 0 radical (unpaired) electrons. The summed E-state index contributed by atoms with van der Waals surface area (Å²) in [5.74, 6) is 0.310. The van der Waals surface area contributed by atoms with E-state index >= 15 is 0 Å². The molecule has 0 saturated heterocycles. The van der Waals surface area contributed by atoms with Gasteiger partial charge in [-0.05, 0) is 31.0 Å². The van der Waals surface area contributed by atoms with Gasteiger partial charge in [0.25, 0.3) is 11.6 Å². The average molecular weight is 342 g/mol. The average Bonchev–Trinajstić information content (AvgIpc) is 2.95. The van der Waals surface area contributed by atoms with Crippen LogP contribution in [0.5, 0.6) is 11.5 Å². The van der Waals surface area contributed by atoms with Gasteiger partial charge in [-0.1, -0.05) is 18.2 Å². The maximum Gasteiger partial charge on any atom is 0.273 e. The smallest absolute Gasteiger partial charge is 0.273 e. The van der Waals surface area contributed by atoms with Crippen molar-refractivity contribution < 1.29 is 19.2 Å². The Kier molecular flexibility index (Phi) is 4.56. The van der Waals surface area contributed by atoms with Gasteiger partial charge in [-0.25, -0.2) is 0 Å². The van der Waals surface area contributed by atoms with Gasteiger partial charge in [-0.15, -0.1) is 0 Å². The van der Waals surface area contributed by atoms with Crippen LogP contribution in [0.4, 0.5) is 11.4 Å². The Morgan fingerprint density at radius 3 is 2.76 bits per heavy atom. The Morgan fingerprint density at radius 2 is 2.04 bits per heavy atom. The number of carbonyl (C=O) groups excluding carboxylic acids is 1. The number of fused-ring (bicyclic) bond motifs is 1. The minimum atomic E-state index is -0.521. The minimum Gasteiger partial charge on any atom is -0.493 e. The van der Waals surface area contributed by atoms with E-state index in [0.717, 1.165) is 17.7 Å². The Morgan fingerprint density at radius 1 is 1.28 bits per heavy atom. The number of rotatable bonds is 5. The van der Waals surface area contributed by atoms with Crippen molar-refractivity contribution in [3.8, 4) is 11.5 Å². The molecule has 0 bridgehead atoms. The van der Waals surface area contributed by atoms with E-state index in [2.05, 4.69) is 0 Å². The molecular weight excluding hydrogens is 324 g/mol. The predicted molar refractivity (Wildman–Crippen MR) is 92.2 cm³/mol. The highest BCUT2D eigenvalue weighted by Gasteiger charge is 2.30. The number of hydrogen-bond acceptors (Lipinski definition) is 5. The molecule has 0 saturated carbocycles. The fourth-order valence-electron chi connectivity index (χ4n) is 3.05. The Balaban J connectivity index is 1.77. The van der Waals surface area contributed by atoms with Crippen LogP contribution in [-0.4, -0.2) is 30.6 Å². The summed E-state index contributed by atoms with van der Waals surface area (Å²) in [6.45, 7) is 1.75. The van der Waals surface area contributed by atoms with E-state index in [9.17, 15) is 14.9 Å². The van der Waals surface area contributed by atoms with Crippen molar-refractivity contribution in [3.05, 3.63) is 58.1 Å². The summed E-state index contributed by atoms with van der Waals surface area (Å²) in [6, 6.07) is 11.8. The molecule has 7 heteroatoms. The molecular formula is C18H18N2O5. The molecule has 0 aliphatic carbocycles. The van der Waals surface area contributed by atoms with E-state index in [1.807, 2.05) is 31.2 Å².